The summed E-state index contributed by atoms with van der Waals surface area (Å²) in [5.74, 6) is 1.17. The van der Waals surface area contributed by atoms with Gasteiger partial charge in [0.25, 0.3) is 8.25 Å². The fourth-order valence-electron chi connectivity index (χ4n) is 2.52. The quantitative estimate of drug-likeness (QED) is 0.460. The van der Waals surface area contributed by atoms with E-state index in [1.54, 1.807) is 0 Å². The van der Waals surface area contributed by atoms with E-state index in [0.29, 0.717) is 11.8 Å². The van der Waals surface area contributed by atoms with E-state index >= 15 is 0 Å². The van der Waals surface area contributed by atoms with Gasteiger partial charge in [0.05, 0.1) is 0 Å². The van der Waals surface area contributed by atoms with Crippen LogP contribution in [0.25, 0.3) is 0 Å². The highest BCUT2D eigenvalue weighted by Gasteiger charge is 2.31. The zero-order valence-electron chi connectivity index (χ0n) is 13.3. The molecule has 0 unspecified atom stereocenters. The van der Waals surface area contributed by atoms with Gasteiger partial charge < -0.3 is 8.43 Å². The molecule has 0 N–H and O–H groups in total. The van der Waals surface area contributed by atoms with Gasteiger partial charge in [-0.2, -0.15) is 0 Å². The van der Waals surface area contributed by atoms with Gasteiger partial charge in [-0.25, -0.2) is 0 Å². The van der Waals surface area contributed by atoms with Crippen LogP contribution in [-0.2, 0) is 13.0 Å². The van der Waals surface area contributed by atoms with Crippen LogP contribution in [0.15, 0.2) is 0 Å². The lowest BCUT2D eigenvalue weighted by molar-refractivity contribution is 0.402. The van der Waals surface area contributed by atoms with Gasteiger partial charge in [0, 0.05) is 0 Å². The number of hydrogen-bond acceptors (Lipinski definition) is 3. The first-order chi connectivity index (χ1) is 7.93. The molecule has 0 aromatic rings. The largest absolute Gasteiger partial charge is 0.353 e. The summed E-state index contributed by atoms with van der Waals surface area (Å²) in [5.41, 5.74) is 0. The van der Waals surface area contributed by atoms with Gasteiger partial charge in [-0.15, -0.1) is 0 Å². The fraction of sp³-hybridized carbons (Fsp3) is 1.00. The number of rotatable bonds is 8. The average molecular weight is 311 g/mol. The second-order valence-electron chi connectivity index (χ2n) is 7.17. The predicted molar refractivity (Wildman–Crippen MR) is 85.4 cm³/mol. The van der Waals surface area contributed by atoms with Crippen LogP contribution in [0, 0.1) is 11.8 Å². The topological polar surface area (TPSA) is 35.5 Å². The van der Waals surface area contributed by atoms with Gasteiger partial charge in [0.15, 0.2) is 16.6 Å². The van der Waals surface area contributed by atoms with Crippen molar-refractivity contribution in [2.45, 2.75) is 66.0 Å². The van der Waals surface area contributed by atoms with Gasteiger partial charge in [-0.1, -0.05) is 27.7 Å². The molecule has 3 nitrogen and oxygen atoms in total. The molecule has 0 heterocycles. The summed E-state index contributed by atoms with van der Waals surface area (Å²) in [7, 11) is -6.00. The van der Waals surface area contributed by atoms with Gasteiger partial charge >= 0.3 is 0 Å². The van der Waals surface area contributed by atoms with Crippen molar-refractivity contribution in [3.63, 3.8) is 0 Å². The van der Waals surface area contributed by atoms with E-state index in [4.69, 9.17) is 8.43 Å². The summed E-state index contributed by atoms with van der Waals surface area (Å²) < 4.78 is 23.6. The van der Waals surface area contributed by atoms with Gasteiger partial charge in [-0.3, -0.25) is 4.57 Å². The summed E-state index contributed by atoms with van der Waals surface area (Å²) in [4.78, 5) is 0. The summed E-state index contributed by atoms with van der Waals surface area (Å²) in [6, 6.07) is 2.05. The zero-order chi connectivity index (χ0) is 14.6. The molecule has 18 heavy (non-hydrogen) atoms. The van der Waals surface area contributed by atoms with Crippen LogP contribution < -0.4 is 0 Å². The van der Waals surface area contributed by atoms with E-state index in [1.807, 2.05) is 0 Å². The van der Waals surface area contributed by atoms with Crippen molar-refractivity contribution in [2.75, 3.05) is 0 Å². The molecule has 0 aromatic carbocycles. The third-order valence-corrected chi connectivity index (χ3v) is 11.9. The van der Waals surface area contributed by atoms with Gasteiger partial charge in [0.2, 0.25) is 0 Å². The molecule has 0 radical (unpaired) electrons. The van der Waals surface area contributed by atoms with Crippen LogP contribution in [-0.4, -0.2) is 16.6 Å². The monoisotopic (exact) mass is 310 g/mol. The van der Waals surface area contributed by atoms with Crippen LogP contribution in [0.4, 0.5) is 0 Å². The van der Waals surface area contributed by atoms with Crippen molar-refractivity contribution in [1.82, 2.24) is 0 Å². The maximum Gasteiger partial charge on any atom is 0.299 e. The third-order valence-electron chi connectivity index (χ3n) is 2.52. The van der Waals surface area contributed by atoms with Gasteiger partial charge in [-0.05, 0) is 50.1 Å². The van der Waals surface area contributed by atoms with Crippen LogP contribution in [0.1, 0.15) is 27.7 Å². The highest BCUT2D eigenvalue weighted by molar-refractivity contribution is 7.38. The average Bonchev–Trinajstić information content (AvgIpc) is 1.92. The Morgan fingerprint density at radius 1 is 0.833 bits per heavy atom. The lowest BCUT2D eigenvalue weighted by atomic mass is 10.3. The van der Waals surface area contributed by atoms with E-state index in [2.05, 4.69) is 53.9 Å². The standard InChI is InChI=1S/C12H31O3PSi2/c1-11(2)9-17(5,6)14-16(13)15-18(7,8)10-12(3)4/h11-12,16H,9-10H2,1-8H3. The fourth-order valence-corrected chi connectivity index (χ4v) is 11.3. The highest BCUT2D eigenvalue weighted by Crippen LogP contribution is 2.37. The Bertz CT molecular complexity index is 252. The molecule has 0 saturated heterocycles. The second kappa shape index (κ2) is 7.39. The molecule has 0 aliphatic carbocycles. The lowest BCUT2D eigenvalue weighted by Crippen LogP contribution is -2.33. The molecular weight excluding hydrogens is 279 g/mol. The molecule has 0 aromatic heterocycles. The maximum absolute atomic E-state index is 12.0. The SMILES string of the molecule is CC(C)C[Si](C)(C)O[PH](=O)O[Si](C)(C)CC(C)C. The molecule has 0 saturated carbocycles. The second-order valence-corrected chi connectivity index (χ2v) is 17.2. The first-order valence-electron chi connectivity index (χ1n) is 6.85. The van der Waals surface area contributed by atoms with E-state index in [0.717, 1.165) is 12.1 Å². The Morgan fingerprint density at radius 3 is 1.33 bits per heavy atom. The van der Waals surface area contributed by atoms with Crippen molar-refractivity contribution in [3.05, 3.63) is 0 Å². The maximum atomic E-state index is 12.0. The van der Waals surface area contributed by atoms with E-state index in [9.17, 15) is 4.57 Å². The molecule has 0 aliphatic rings. The van der Waals surface area contributed by atoms with Crippen LogP contribution in [0.3, 0.4) is 0 Å². The van der Waals surface area contributed by atoms with Gasteiger partial charge in [0.1, 0.15) is 0 Å². The molecule has 110 valence electrons. The van der Waals surface area contributed by atoms with Crippen molar-refractivity contribution in [3.8, 4) is 0 Å². The predicted octanol–water partition coefficient (Wildman–Crippen LogP) is 5.13. The highest BCUT2D eigenvalue weighted by atomic mass is 31.1. The van der Waals surface area contributed by atoms with Crippen molar-refractivity contribution in [1.29, 1.82) is 0 Å². The Morgan fingerprint density at radius 2 is 1.11 bits per heavy atom. The first-order valence-corrected chi connectivity index (χ1v) is 14.3. The molecule has 0 bridgehead atoms. The first kappa shape index (κ1) is 18.6. The molecule has 0 rings (SSSR count). The normalized spacial score (nSPS) is 13.9. The zero-order valence-corrected chi connectivity index (χ0v) is 16.3. The molecule has 6 heteroatoms. The van der Waals surface area contributed by atoms with Crippen molar-refractivity contribution < 1.29 is 13.0 Å². The summed E-state index contributed by atoms with van der Waals surface area (Å²) in [6.07, 6.45) is 0. The minimum atomic E-state index is -2.32. The Labute approximate surface area is 116 Å². The third kappa shape index (κ3) is 9.51. The van der Waals surface area contributed by atoms with Crippen LogP contribution in [0.2, 0.25) is 38.3 Å². The minimum absolute atomic E-state index is 0.586. The Kier molecular flexibility index (Phi) is 7.63. The van der Waals surface area contributed by atoms with E-state index in [1.165, 1.54) is 0 Å². The summed E-state index contributed by atoms with van der Waals surface area (Å²) >= 11 is 0. The summed E-state index contributed by atoms with van der Waals surface area (Å²) in [6.45, 7) is 17.2. The lowest BCUT2D eigenvalue weighted by Gasteiger charge is -2.28. The molecule has 0 fully saturated rings. The molecule has 0 spiro atoms. The molecule has 0 aliphatic heterocycles. The van der Waals surface area contributed by atoms with Crippen molar-refractivity contribution in [2.24, 2.45) is 11.8 Å². The van der Waals surface area contributed by atoms with Crippen molar-refractivity contribution >= 4 is 24.9 Å². The molecular formula is C12H31O3PSi2. The summed E-state index contributed by atoms with van der Waals surface area (Å²) in [5, 5.41) is 0. The minimum Gasteiger partial charge on any atom is -0.353 e. The van der Waals surface area contributed by atoms with E-state index < -0.39 is 24.9 Å². The Hall–Kier alpha value is 0.584. The Balaban J connectivity index is 4.34. The van der Waals surface area contributed by atoms with Crippen LogP contribution in [0.5, 0.6) is 0 Å². The molecule has 0 amide bonds. The van der Waals surface area contributed by atoms with E-state index in [-0.39, 0.29) is 0 Å². The van der Waals surface area contributed by atoms with Crippen LogP contribution >= 0.6 is 8.25 Å². The smallest absolute Gasteiger partial charge is 0.299 e. The molecule has 0 atom stereocenters. The number of hydrogen-bond donors (Lipinski definition) is 0.